The fourth-order valence-corrected chi connectivity index (χ4v) is 5.08. The van der Waals surface area contributed by atoms with Crippen molar-refractivity contribution < 1.29 is 22.7 Å². The van der Waals surface area contributed by atoms with Crippen molar-refractivity contribution >= 4 is 27.1 Å². The van der Waals surface area contributed by atoms with Gasteiger partial charge in [0.25, 0.3) is 11.7 Å². The van der Waals surface area contributed by atoms with Crippen molar-refractivity contribution in [3.05, 3.63) is 78.6 Å². The maximum absolute atomic E-state index is 13.5. The summed E-state index contributed by atoms with van der Waals surface area (Å²) in [6.45, 7) is 4.68. The van der Waals surface area contributed by atoms with Crippen LogP contribution in [0.5, 0.6) is 0 Å². The Morgan fingerprint density at radius 2 is 1.56 bits per heavy atom. The number of hydrogen-bond acceptors (Lipinski definition) is 6. The number of benzene rings is 2. The number of pyridine rings is 1. The molecule has 7 nitrogen and oxygen atoms in total. The lowest BCUT2D eigenvalue weighted by molar-refractivity contribution is -0.256. The molecule has 0 radical (unpaired) electrons. The lowest BCUT2D eigenvalue weighted by Gasteiger charge is -2.32. The average Bonchev–Trinajstić information content (AvgIpc) is 3.09. The Bertz CT molecular complexity index is 1210. The van der Waals surface area contributed by atoms with Crippen molar-refractivity contribution in [3.63, 3.8) is 0 Å². The molecule has 0 unspecified atom stereocenters. The molecule has 0 N–H and O–H groups in total. The van der Waals surface area contributed by atoms with Crippen molar-refractivity contribution in [1.82, 2.24) is 4.98 Å². The van der Waals surface area contributed by atoms with Gasteiger partial charge >= 0.3 is 0 Å². The van der Waals surface area contributed by atoms with Crippen LogP contribution in [-0.4, -0.2) is 32.5 Å². The fourth-order valence-electron chi connectivity index (χ4n) is 3.81. The van der Waals surface area contributed by atoms with Crippen molar-refractivity contribution in [3.8, 4) is 0 Å². The van der Waals surface area contributed by atoms with Crippen LogP contribution in [0.2, 0.25) is 0 Å². The van der Waals surface area contributed by atoms with Crippen LogP contribution < -0.4 is 4.90 Å². The van der Waals surface area contributed by atoms with Gasteiger partial charge in [-0.15, -0.1) is 0 Å². The van der Waals surface area contributed by atoms with Crippen LogP contribution in [0, 0.1) is 0 Å². The number of carbonyl (C=O) groups is 1. The van der Waals surface area contributed by atoms with Gasteiger partial charge in [0.15, 0.2) is 0 Å². The molecule has 2 aliphatic rings. The number of amides is 1. The number of anilines is 2. The summed E-state index contributed by atoms with van der Waals surface area (Å²) in [6, 6.07) is 16.6. The van der Waals surface area contributed by atoms with Crippen LogP contribution in [0.25, 0.3) is 0 Å². The lowest BCUT2D eigenvalue weighted by atomic mass is 10.1. The van der Waals surface area contributed by atoms with E-state index in [-0.39, 0.29) is 15.7 Å². The minimum absolute atomic E-state index is 0.0623. The molecule has 166 valence electrons. The minimum atomic E-state index is -3.80. The highest BCUT2D eigenvalue weighted by Gasteiger charge is 2.55. The summed E-state index contributed by atoms with van der Waals surface area (Å²) >= 11 is 0. The molecule has 0 atom stereocenters. The normalized spacial score (nSPS) is 16.9. The number of sulfone groups is 1. The highest BCUT2D eigenvalue weighted by molar-refractivity contribution is 7.91. The Labute approximate surface area is 187 Å². The van der Waals surface area contributed by atoms with Crippen LogP contribution in [0.15, 0.2) is 82.8 Å². The van der Waals surface area contributed by atoms with Crippen LogP contribution in [-0.2, 0) is 29.9 Å². The zero-order chi connectivity index (χ0) is 22.8. The van der Waals surface area contributed by atoms with Crippen molar-refractivity contribution in [2.45, 2.75) is 35.8 Å². The van der Waals surface area contributed by atoms with Gasteiger partial charge in [-0.25, -0.2) is 8.42 Å². The Morgan fingerprint density at radius 3 is 2.22 bits per heavy atom. The molecule has 0 bridgehead atoms. The van der Waals surface area contributed by atoms with Gasteiger partial charge in [0.1, 0.15) is 0 Å². The molecule has 2 aromatic carbocycles. The van der Waals surface area contributed by atoms with E-state index in [0.717, 1.165) is 0 Å². The third-order valence-corrected chi connectivity index (χ3v) is 7.00. The minimum Gasteiger partial charge on any atom is -0.338 e. The van der Waals surface area contributed by atoms with E-state index in [0.29, 0.717) is 36.6 Å². The predicted octanol–water partition coefficient (Wildman–Crippen LogP) is 4.21. The summed E-state index contributed by atoms with van der Waals surface area (Å²) in [7, 11) is -3.80. The molecule has 5 rings (SSSR count). The number of ether oxygens (including phenoxy) is 2. The van der Waals surface area contributed by atoms with Gasteiger partial charge in [-0.1, -0.05) is 32.0 Å². The molecule has 1 amide bonds. The summed E-state index contributed by atoms with van der Waals surface area (Å²) in [4.78, 5) is 19.1. The molecular weight excluding hydrogens is 428 g/mol. The summed E-state index contributed by atoms with van der Waals surface area (Å²) in [6.07, 6.45) is 3.51. The zero-order valence-corrected chi connectivity index (χ0v) is 18.7. The number of rotatable bonds is 3. The van der Waals surface area contributed by atoms with Gasteiger partial charge in [0.05, 0.1) is 28.7 Å². The number of nitrogens with zero attached hydrogens (tertiary/aromatic N) is 2. The van der Waals surface area contributed by atoms with E-state index in [1.807, 2.05) is 44.2 Å². The summed E-state index contributed by atoms with van der Waals surface area (Å²) in [5.41, 5.74) is 1.59. The smallest absolute Gasteiger partial charge is 0.297 e. The number of carbonyl (C=O) groups excluding carboxylic acids is 1. The van der Waals surface area contributed by atoms with Crippen LogP contribution >= 0.6 is 0 Å². The molecule has 1 saturated heterocycles. The topological polar surface area (TPSA) is 85.8 Å². The van der Waals surface area contributed by atoms with E-state index >= 15 is 0 Å². The first-order valence-corrected chi connectivity index (χ1v) is 12.0. The van der Waals surface area contributed by atoms with E-state index in [4.69, 9.17) is 9.47 Å². The first-order valence-electron chi connectivity index (χ1n) is 10.5. The lowest BCUT2D eigenvalue weighted by Crippen LogP contribution is -2.46. The molecule has 3 aromatic rings. The third-order valence-electron chi connectivity index (χ3n) is 5.23. The molecule has 2 aliphatic heterocycles. The Morgan fingerprint density at radius 1 is 0.906 bits per heavy atom. The van der Waals surface area contributed by atoms with Gasteiger partial charge in [-0.2, -0.15) is 0 Å². The zero-order valence-electron chi connectivity index (χ0n) is 17.9. The molecule has 8 heteroatoms. The van der Waals surface area contributed by atoms with E-state index in [9.17, 15) is 13.2 Å². The summed E-state index contributed by atoms with van der Waals surface area (Å²) in [5.74, 6) is -2.03. The van der Waals surface area contributed by atoms with Crippen molar-refractivity contribution in [2.24, 2.45) is 0 Å². The number of para-hydroxylation sites is 1. The standard InChI is InChI=1S/C22H18N2O5S.C2H6/c25-21-22(28-13-4-14-29-22)19-15-18(30(26,27)17-9-11-23-12-10-17)7-8-20(19)24(21)16-5-2-1-3-6-16;1-2/h1-3,5-12,15H,4,13-14H2;1-2H3. The van der Waals surface area contributed by atoms with Gasteiger partial charge in [-0.3, -0.25) is 14.7 Å². The molecule has 1 fully saturated rings. The number of aromatic nitrogens is 1. The quantitative estimate of drug-likeness (QED) is 0.592. The van der Waals surface area contributed by atoms with Crippen molar-refractivity contribution in [2.75, 3.05) is 18.1 Å². The van der Waals surface area contributed by atoms with Gasteiger partial charge in [0, 0.05) is 23.6 Å². The largest absolute Gasteiger partial charge is 0.338 e. The van der Waals surface area contributed by atoms with Crippen molar-refractivity contribution in [1.29, 1.82) is 0 Å². The molecule has 3 heterocycles. The van der Waals surface area contributed by atoms with Crippen LogP contribution in [0.1, 0.15) is 25.8 Å². The van der Waals surface area contributed by atoms with Gasteiger partial charge in [0.2, 0.25) is 9.84 Å². The highest BCUT2D eigenvalue weighted by atomic mass is 32.2. The first kappa shape index (κ1) is 22.1. The molecule has 1 aromatic heterocycles. The number of fused-ring (bicyclic) bond motifs is 2. The third kappa shape index (κ3) is 3.50. The second kappa shape index (κ2) is 8.82. The first-order chi connectivity index (χ1) is 15.5. The SMILES string of the molecule is CC.O=C1N(c2ccccc2)c2ccc(S(=O)(=O)c3ccncc3)cc2C12OCCCO2. The molecule has 0 saturated carbocycles. The molecular formula is C24H24N2O5S. The Kier molecular flexibility index (Phi) is 6.10. The maximum atomic E-state index is 13.5. The summed E-state index contributed by atoms with van der Waals surface area (Å²) in [5, 5.41) is 0. The van der Waals surface area contributed by atoms with Gasteiger partial charge < -0.3 is 9.47 Å². The van der Waals surface area contributed by atoms with Crippen LogP contribution in [0.4, 0.5) is 11.4 Å². The number of hydrogen-bond donors (Lipinski definition) is 0. The Balaban J connectivity index is 0.00000119. The maximum Gasteiger partial charge on any atom is 0.297 e. The highest BCUT2D eigenvalue weighted by Crippen LogP contribution is 2.49. The fraction of sp³-hybridized carbons (Fsp3) is 0.250. The second-order valence-corrected chi connectivity index (χ2v) is 8.96. The molecule has 32 heavy (non-hydrogen) atoms. The monoisotopic (exact) mass is 452 g/mol. The second-order valence-electron chi connectivity index (χ2n) is 7.01. The average molecular weight is 453 g/mol. The van der Waals surface area contributed by atoms with E-state index < -0.39 is 15.6 Å². The predicted molar refractivity (Wildman–Crippen MR) is 119 cm³/mol. The van der Waals surface area contributed by atoms with E-state index in [1.165, 1.54) is 41.6 Å². The van der Waals surface area contributed by atoms with E-state index in [1.54, 1.807) is 6.07 Å². The summed E-state index contributed by atoms with van der Waals surface area (Å²) < 4.78 is 38.0. The molecule has 1 spiro atoms. The van der Waals surface area contributed by atoms with E-state index in [2.05, 4.69) is 4.98 Å². The van der Waals surface area contributed by atoms with Gasteiger partial charge in [-0.05, 0) is 48.9 Å². The van der Waals surface area contributed by atoms with Crippen LogP contribution in [0.3, 0.4) is 0 Å². The Hall–Kier alpha value is -3.07. The molecule has 0 aliphatic carbocycles.